The molecule has 1 unspecified atom stereocenters. The van der Waals surface area contributed by atoms with Crippen LogP contribution in [0.5, 0.6) is 0 Å². The standard InChI is InChI=1S/C18H24FN3OS.HI/c1-4-20-17(21-10-14-6-5-13(2)16(19)9-14)22-12-18(3,23)15-7-8-24-11-15;/h5-9,11,23H,4,10,12H2,1-3H3,(H2,20,21,22);1H. The van der Waals surface area contributed by atoms with E-state index in [1.807, 2.05) is 29.8 Å². The first-order chi connectivity index (χ1) is 11.4. The van der Waals surface area contributed by atoms with Crippen molar-refractivity contribution in [3.63, 3.8) is 0 Å². The highest BCUT2D eigenvalue weighted by molar-refractivity contribution is 14.0. The maximum absolute atomic E-state index is 13.6. The molecule has 0 spiro atoms. The molecule has 2 rings (SSSR count). The Labute approximate surface area is 169 Å². The first kappa shape index (κ1) is 21.9. The number of nitrogens with zero attached hydrogens (tertiary/aromatic N) is 1. The van der Waals surface area contributed by atoms with Crippen LogP contribution in [-0.4, -0.2) is 24.2 Å². The Morgan fingerprint density at radius 3 is 2.68 bits per heavy atom. The fourth-order valence-corrected chi connectivity index (χ4v) is 2.96. The van der Waals surface area contributed by atoms with E-state index in [4.69, 9.17) is 0 Å². The molecule has 4 nitrogen and oxygen atoms in total. The number of nitrogens with one attached hydrogen (secondary N) is 2. The van der Waals surface area contributed by atoms with Gasteiger partial charge in [-0.25, -0.2) is 9.38 Å². The summed E-state index contributed by atoms with van der Waals surface area (Å²) >= 11 is 1.55. The zero-order chi connectivity index (χ0) is 17.6. The number of hydrogen-bond acceptors (Lipinski definition) is 3. The summed E-state index contributed by atoms with van der Waals surface area (Å²) in [5, 5.41) is 20.7. The van der Waals surface area contributed by atoms with Gasteiger partial charge in [-0.15, -0.1) is 24.0 Å². The van der Waals surface area contributed by atoms with E-state index in [-0.39, 0.29) is 29.8 Å². The van der Waals surface area contributed by atoms with Crippen molar-refractivity contribution in [2.75, 3.05) is 13.1 Å². The van der Waals surface area contributed by atoms with Crippen LogP contribution in [0.25, 0.3) is 0 Å². The van der Waals surface area contributed by atoms with E-state index in [9.17, 15) is 9.50 Å². The molecule has 0 saturated heterocycles. The molecule has 1 heterocycles. The summed E-state index contributed by atoms with van der Waals surface area (Å²) in [7, 11) is 0. The maximum atomic E-state index is 13.6. The van der Waals surface area contributed by atoms with Gasteiger partial charge in [0.25, 0.3) is 0 Å². The topological polar surface area (TPSA) is 56.7 Å². The normalized spacial score (nSPS) is 13.7. The van der Waals surface area contributed by atoms with Crippen molar-refractivity contribution in [3.8, 4) is 0 Å². The lowest BCUT2D eigenvalue weighted by Gasteiger charge is -2.24. The van der Waals surface area contributed by atoms with Crippen molar-refractivity contribution in [2.45, 2.75) is 32.9 Å². The number of aliphatic hydroxyl groups is 1. The zero-order valence-electron chi connectivity index (χ0n) is 14.7. The number of thiophene rings is 1. The molecule has 0 fully saturated rings. The van der Waals surface area contributed by atoms with Gasteiger partial charge in [0.2, 0.25) is 0 Å². The molecule has 0 aliphatic rings. The highest BCUT2D eigenvalue weighted by Gasteiger charge is 2.23. The van der Waals surface area contributed by atoms with Crippen molar-refractivity contribution in [1.29, 1.82) is 0 Å². The fourth-order valence-electron chi connectivity index (χ4n) is 2.18. The molecule has 1 aromatic heterocycles. The van der Waals surface area contributed by atoms with Crippen molar-refractivity contribution < 1.29 is 9.50 Å². The molecule has 1 aromatic carbocycles. The molecule has 2 aromatic rings. The lowest BCUT2D eigenvalue weighted by atomic mass is 9.99. The Kier molecular flexibility index (Phi) is 8.81. The van der Waals surface area contributed by atoms with E-state index in [0.717, 1.165) is 11.1 Å². The van der Waals surface area contributed by atoms with E-state index in [1.165, 1.54) is 6.07 Å². The highest BCUT2D eigenvalue weighted by Crippen LogP contribution is 2.21. The smallest absolute Gasteiger partial charge is 0.191 e. The molecular weight excluding hydrogens is 452 g/mol. The minimum atomic E-state index is -0.980. The van der Waals surface area contributed by atoms with Gasteiger partial charge in [-0.2, -0.15) is 11.3 Å². The van der Waals surface area contributed by atoms with Gasteiger partial charge < -0.3 is 15.7 Å². The van der Waals surface area contributed by atoms with Crippen LogP contribution in [0.2, 0.25) is 0 Å². The van der Waals surface area contributed by atoms with Crippen LogP contribution in [-0.2, 0) is 12.1 Å². The fraction of sp³-hybridized carbons (Fsp3) is 0.389. The molecule has 0 aliphatic carbocycles. The molecule has 0 saturated carbocycles. The quantitative estimate of drug-likeness (QED) is 0.337. The van der Waals surface area contributed by atoms with Gasteiger partial charge in [-0.05, 0) is 60.4 Å². The van der Waals surface area contributed by atoms with Crippen LogP contribution in [0, 0.1) is 12.7 Å². The van der Waals surface area contributed by atoms with Gasteiger partial charge >= 0.3 is 0 Å². The Bertz CT molecular complexity index is 690. The third-order valence-corrected chi connectivity index (χ3v) is 4.43. The van der Waals surface area contributed by atoms with E-state index in [0.29, 0.717) is 31.2 Å². The summed E-state index contributed by atoms with van der Waals surface area (Å²) in [5.41, 5.74) is 1.32. The SMILES string of the molecule is CCNC(=NCc1ccc(C)c(F)c1)NCC(C)(O)c1ccsc1.I. The molecule has 25 heavy (non-hydrogen) atoms. The number of halogens is 2. The Morgan fingerprint density at radius 2 is 2.08 bits per heavy atom. The second-order valence-electron chi connectivity index (χ2n) is 5.92. The van der Waals surface area contributed by atoms with E-state index in [2.05, 4.69) is 15.6 Å². The lowest BCUT2D eigenvalue weighted by Crippen LogP contribution is -2.44. The summed E-state index contributed by atoms with van der Waals surface area (Å²) in [6.07, 6.45) is 0. The molecule has 0 aliphatic heterocycles. The summed E-state index contributed by atoms with van der Waals surface area (Å²) in [6.45, 7) is 6.88. The number of aryl methyl sites for hydroxylation is 1. The minimum Gasteiger partial charge on any atom is -0.384 e. The third-order valence-electron chi connectivity index (χ3n) is 3.74. The number of hydrogen-bond donors (Lipinski definition) is 3. The predicted octanol–water partition coefficient (Wildman–Crippen LogP) is 3.78. The van der Waals surface area contributed by atoms with E-state index < -0.39 is 5.60 Å². The Hall–Kier alpha value is -1.19. The minimum absolute atomic E-state index is 0. The number of aliphatic imine (C=N–C) groups is 1. The molecule has 0 bridgehead atoms. The molecule has 0 amide bonds. The van der Waals surface area contributed by atoms with Crippen LogP contribution >= 0.6 is 35.3 Å². The van der Waals surface area contributed by atoms with E-state index >= 15 is 0 Å². The average molecular weight is 477 g/mol. The molecule has 1 atom stereocenters. The second kappa shape index (κ2) is 10.1. The van der Waals surface area contributed by atoms with Crippen LogP contribution in [0.3, 0.4) is 0 Å². The van der Waals surface area contributed by atoms with Gasteiger partial charge in [-0.3, -0.25) is 0 Å². The summed E-state index contributed by atoms with van der Waals surface area (Å²) in [5.74, 6) is 0.370. The van der Waals surface area contributed by atoms with Gasteiger partial charge in [0, 0.05) is 6.54 Å². The highest BCUT2D eigenvalue weighted by atomic mass is 127. The van der Waals surface area contributed by atoms with Crippen LogP contribution in [0.15, 0.2) is 40.0 Å². The summed E-state index contributed by atoms with van der Waals surface area (Å²) in [6, 6.07) is 7.03. The predicted molar refractivity (Wildman–Crippen MR) is 113 cm³/mol. The van der Waals surface area contributed by atoms with Crippen molar-refractivity contribution >= 4 is 41.3 Å². The number of rotatable bonds is 6. The van der Waals surface area contributed by atoms with Gasteiger partial charge in [-0.1, -0.05) is 12.1 Å². The zero-order valence-corrected chi connectivity index (χ0v) is 17.8. The van der Waals surface area contributed by atoms with Crippen LogP contribution in [0.1, 0.15) is 30.5 Å². The largest absolute Gasteiger partial charge is 0.384 e. The number of benzene rings is 1. The molecule has 0 radical (unpaired) electrons. The van der Waals surface area contributed by atoms with Crippen molar-refractivity contribution in [1.82, 2.24) is 10.6 Å². The van der Waals surface area contributed by atoms with Crippen molar-refractivity contribution in [3.05, 3.63) is 57.5 Å². The molecule has 138 valence electrons. The van der Waals surface area contributed by atoms with Gasteiger partial charge in [0.05, 0.1) is 13.1 Å². The first-order valence-corrected chi connectivity index (χ1v) is 8.89. The average Bonchev–Trinajstić information content (AvgIpc) is 3.09. The molecule has 7 heteroatoms. The molecular formula is C18H25FIN3OS. The van der Waals surface area contributed by atoms with Crippen LogP contribution < -0.4 is 10.6 Å². The van der Waals surface area contributed by atoms with E-state index in [1.54, 1.807) is 31.3 Å². The molecule has 3 N–H and O–H groups in total. The summed E-state index contributed by atoms with van der Waals surface area (Å²) < 4.78 is 13.6. The van der Waals surface area contributed by atoms with Crippen molar-refractivity contribution in [2.24, 2.45) is 4.99 Å². The first-order valence-electron chi connectivity index (χ1n) is 7.94. The Morgan fingerprint density at radius 1 is 1.32 bits per heavy atom. The third kappa shape index (κ3) is 6.56. The second-order valence-corrected chi connectivity index (χ2v) is 6.70. The Balaban J connectivity index is 0.00000312. The summed E-state index contributed by atoms with van der Waals surface area (Å²) in [4.78, 5) is 4.46. The monoisotopic (exact) mass is 477 g/mol. The lowest BCUT2D eigenvalue weighted by molar-refractivity contribution is 0.0621. The maximum Gasteiger partial charge on any atom is 0.191 e. The van der Waals surface area contributed by atoms with Crippen LogP contribution in [0.4, 0.5) is 4.39 Å². The van der Waals surface area contributed by atoms with Gasteiger partial charge in [0.1, 0.15) is 11.4 Å². The number of guanidine groups is 1. The van der Waals surface area contributed by atoms with Gasteiger partial charge in [0.15, 0.2) is 5.96 Å².